The standard InChI is InChI=1S/C47H83N11O12/c1-8-50-47(66)46(49)57(45(48)37-26-36(32(3)4)38(59)27-39(37)60)35-12-10-33(11-13-35)34-14-18-56(19-15-34)41(62)16-24-67-25-17-51-40(61)28-55(9-2)23-22-54(7)31-44(65)70-58-68-42(63)29-52(5)20-21-53(6)30-43(64)69-58/h32-39,48-49,59-60H,8-31H2,1-7H3,(H,50,66)(H,51,61). The number of carbonyl (C=O) groups excluding carboxylic acids is 6. The van der Waals surface area contributed by atoms with Crippen LogP contribution in [0.25, 0.3) is 0 Å². The molecule has 0 aromatic heterocycles. The molecule has 0 radical (unpaired) electrons. The van der Waals surface area contributed by atoms with Crippen molar-refractivity contribution in [3.05, 3.63) is 0 Å². The van der Waals surface area contributed by atoms with E-state index >= 15 is 0 Å². The second-order valence-electron chi connectivity index (χ2n) is 19.8. The van der Waals surface area contributed by atoms with E-state index in [1.807, 2.05) is 30.6 Å². The monoisotopic (exact) mass is 994 g/mol. The third-order valence-corrected chi connectivity index (χ3v) is 14.1. The fraction of sp³-hybridized carbons (Fsp3) is 0.830. The summed E-state index contributed by atoms with van der Waals surface area (Å²) in [5, 5.41) is 45.5. The van der Waals surface area contributed by atoms with E-state index in [1.165, 1.54) is 0 Å². The molecule has 2 aliphatic heterocycles. The number of likely N-dealkylation sites (N-methyl/N-ethyl adjacent to an activating group) is 5. The molecule has 6 N–H and O–H groups in total. The molecule has 398 valence electrons. The van der Waals surface area contributed by atoms with E-state index in [-0.39, 0.29) is 106 Å². The minimum absolute atomic E-state index is 0.0320. The first-order valence-corrected chi connectivity index (χ1v) is 25.2. The Labute approximate surface area is 413 Å². The summed E-state index contributed by atoms with van der Waals surface area (Å²) < 4.78 is 5.70. The minimum Gasteiger partial charge on any atom is -0.393 e. The van der Waals surface area contributed by atoms with Gasteiger partial charge in [0.25, 0.3) is 5.91 Å². The molecule has 4 aliphatic rings. The average molecular weight is 994 g/mol. The lowest BCUT2D eigenvalue weighted by atomic mass is 9.71. The highest BCUT2D eigenvalue weighted by molar-refractivity contribution is 6.39. The van der Waals surface area contributed by atoms with Crippen LogP contribution in [0.2, 0.25) is 0 Å². The summed E-state index contributed by atoms with van der Waals surface area (Å²) in [6.07, 6.45) is 4.20. The van der Waals surface area contributed by atoms with Crippen LogP contribution < -0.4 is 10.6 Å². The molecule has 4 atom stereocenters. The minimum atomic E-state index is -0.927. The summed E-state index contributed by atoms with van der Waals surface area (Å²) in [5.41, 5.74) is 0. The number of piperidine rings is 1. The molecule has 23 heteroatoms. The molecule has 2 saturated heterocycles. The van der Waals surface area contributed by atoms with Crippen LogP contribution in [0.4, 0.5) is 0 Å². The maximum Gasteiger partial charge on any atom is 0.346 e. The lowest BCUT2D eigenvalue weighted by Gasteiger charge is -2.45. The number of likely N-dealkylation sites (tertiary alicyclic amines) is 1. The first-order valence-electron chi connectivity index (χ1n) is 25.2. The van der Waals surface area contributed by atoms with E-state index in [9.17, 15) is 44.4 Å². The summed E-state index contributed by atoms with van der Waals surface area (Å²) in [6.45, 7) is 12.3. The smallest absolute Gasteiger partial charge is 0.346 e. The maximum atomic E-state index is 13.1. The second kappa shape index (κ2) is 29.2. The van der Waals surface area contributed by atoms with Crippen molar-refractivity contribution in [3.63, 3.8) is 0 Å². The average Bonchev–Trinajstić information content (AvgIpc) is 3.32. The lowest BCUT2D eigenvalue weighted by Crippen LogP contribution is -2.56. The normalized spacial score (nSPS) is 24.9. The molecule has 0 aromatic rings. The predicted octanol–water partition coefficient (Wildman–Crippen LogP) is -0.0892. The molecule has 4 rings (SSSR count). The van der Waals surface area contributed by atoms with Gasteiger partial charge in [-0.2, -0.15) is 0 Å². The summed E-state index contributed by atoms with van der Waals surface area (Å²) in [7, 11) is 5.11. The number of hydrogen-bond donors (Lipinski definition) is 6. The Kier molecular flexibility index (Phi) is 24.3. The van der Waals surface area contributed by atoms with Gasteiger partial charge in [0.05, 0.1) is 58.0 Å². The molecule has 0 bridgehead atoms. The van der Waals surface area contributed by atoms with Crippen LogP contribution in [0, 0.1) is 40.4 Å². The third kappa shape index (κ3) is 18.7. The van der Waals surface area contributed by atoms with Crippen molar-refractivity contribution < 1.29 is 58.2 Å². The molecule has 23 nitrogen and oxygen atoms in total. The van der Waals surface area contributed by atoms with Gasteiger partial charge in [-0.1, -0.05) is 20.8 Å². The zero-order chi connectivity index (χ0) is 51.5. The summed E-state index contributed by atoms with van der Waals surface area (Å²) >= 11 is 0. The Morgan fingerprint density at radius 2 is 1.43 bits per heavy atom. The maximum absolute atomic E-state index is 13.1. The van der Waals surface area contributed by atoms with Crippen molar-refractivity contribution in [1.82, 2.24) is 45.4 Å². The van der Waals surface area contributed by atoms with Crippen LogP contribution in [0.15, 0.2) is 0 Å². The van der Waals surface area contributed by atoms with Crippen molar-refractivity contribution in [2.75, 3.05) is 119 Å². The number of rotatable bonds is 20. The van der Waals surface area contributed by atoms with Gasteiger partial charge in [-0.25, -0.2) is 14.4 Å². The number of amides is 3. The molecule has 2 aliphatic carbocycles. The zero-order valence-electron chi connectivity index (χ0n) is 42.7. The van der Waals surface area contributed by atoms with E-state index in [2.05, 4.69) is 10.6 Å². The molecule has 0 aromatic carbocycles. The highest BCUT2D eigenvalue weighted by atomic mass is 17.2. The van der Waals surface area contributed by atoms with Crippen molar-refractivity contribution >= 4 is 47.3 Å². The van der Waals surface area contributed by atoms with Gasteiger partial charge >= 0.3 is 17.9 Å². The molecular weight excluding hydrogens is 911 g/mol. The van der Waals surface area contributed by atoms with Gasteiger partial charge in [-0.05, 0) is 103 Å². The number of aliphatic hydroxyl groups excluding tert-OH is 2. The Bertz CT molecular complexity index is 1720. The van der Waals surface area contributed by atoms with Gasteiger partial charge in [0.15, 0.2) is 5.84 Å². The molecule has 4 unspecified atom stereocenters. The van der Waals surface area contributed by atoms with Gasteiger partial charge in [-0.3, -0.25) is 59.3 Å². The fourth-order valence-corrected chi connectivity index (χ4v) is 9.92. The SMILES string of the molecule is CCNC(=O)C(=N)N(C(=N)C1CC(C(C)C)C(O)CC1O)C1CCC(C2CCN(C(=O)CCOCCNC(=O)CN(CC)CCN(C)CC(=O)ON3OC(=O)CN(C)CCN(C)CC(=O)O3)CC2)CC1. The van der Waals surface area contributed by atoms with Crippen LogP contribution in [0.3, 0.4) is 0 Å². The Morgan fingerprint density at radius 3 is 2.01 bits per heavy atom. The van der Waals surface area contributed by atoms with Crippen molar-refractivity contribution in [1.29, 1.82) is 10.8 Å². The number of hydrogen-bond acceptors (Lipinski definition) is 19. The largest absolute Gasteiger partial charge is 0.393 e. The Balaban J connectivity index is 1.10. The number of aliphatic hydroxyl groups is 2. The quantitative estimate of drug-likeness (QED) is 0.0529. The highest BCUT2D eigenvalue weighted by Gasteiger charge is 2.44. The zero-order valence-corrected chi connectivity index (χ0v) is 42.7. The number of nitrogens with zero attached hydrogens (tertiary/aromatic N) is 7. The Hall–Kier alpha value is -4.36. The highest BCUT2D eigenvalue weighted by Crippen LogP contribution is 2.40. The van der Waals surface area contributed by atoms with Crippen LogP contribution in [-0.2, 0) is 48.0 Å². The number of amidine groups is 2. The third-order valence-electron chi connectivity index (χ3n) is 14.1. The van der Waals surface area contributed by atoms with Gasteiger partial charge in [0.2, 0.25) is 17.2 Å². The van der Waals surface area contributed by atoms with Gasteiger partial charge in [-0.15, -0.1) is 0 Å². The Morgan fingerprint density at radius 1 is 0.814 bits per heavy atom. The number of carbonyl (C=O) groups is 6. The van der Waals surface area contributed by atoms with Crippen LogP contribution in [0.5, 0.6) is 0 Å². The van der Waals surface area contributed by atoms with E-state index in [0.29, 0.717) is 83.5 Å². The first-order chi connectivity index (χ1) is 33.3. The van der Waals surface area contributed by atoms with Gasteiger partial charge < -0.3 is 35.4 Å². The van der Waals surface area contributed by atoms with Crippen LogP contribution in [-0.4, -0.2) is 230 Å². The number of ether oxygens (including phenoxy) is 1. The molecule has 0 spiro atoms. The topological polar surface area (TPSA) is 274 Å². The van der Waals surface area contributed by atoms with E-state index in [4.69, 9.17) is 24.7 Å². The summed E-state index contributed by atoms with van der Waals surface area (Å²) in [5.74, 6) is -2.90. The summed E-state index contributed by atoms with van der Waals surface area (Å²) in [6, 6.07) is -0.216. The molecule has 2 heterocycles. The summed E-state index contributed by atoms with van der Waals surface area (Å²) in [4.78, 5) is 101. The van der Waals surface area contributed by atoms with Gasteiger partial charge in [0.1, 0.15) is 5.84 Å². The van der Waals surface area contributed by atoms with Crippen molar-refractivity contribution in [2.24, 2.45) is 29.6 Å². The van der Waals surface area contributed by atoms with E-state index in [1.54, 1.807) is 47.7 Å². The van der Waals surface area contributed by atoms with Crippen molar-refractivity contribution in [3.8, 4) is 0 Å². The first kappa shape index (κ1) is 58.2. The molecule has 70 heavy (non-hydrogen) atoms. The molecule has 3 amide bonds. The van der Waals surface area contributed by atoms with E-state index in [0.717, 1.165) is 25.7 Å². The van der Waals surface area contributed by atoms with E-state index < -0.39 is 41.9 Å². The molecular formula is C47H83N11O12. The predicted molar refractivity (Wildman–Crippen MR) is 257 cm³/mol. The second-order valence-corrected chi connectivity index (χ2v) is 19.8. The molecule has 4 fully saturated rings. The van der Waals surface area contributed by atoms with Crippen molar-refractivity contribution in [2.45, 2.75) is 104 Å². The fourth-order valence-electron chi connectivity index (χ4n) is 9.92. The van der Waals surface area contributed by atoms with Crippen LogP contribution in [0.1, 0.15) is 85.5 Å². The molecule has 2 saturated carbocycles. The van der Waals surface area contributed by atoms with Gasteiger partial charge in [0, 0.05) is 70.7 Å². The lowest BCUT2D eigenvalue weighted by molar-refractivity contribution is -0.464. The number of nitrogens with one attached hydrogen (secondary N) is 4. The van der Waals surface area contributed by atoms with Crippen LogP contribution >= 0.6 is 0 Å².